The van der Waals surface area contributed by atoms with Gasteiger partial charge in [0.2, 0.25) is 5.89 Å². The first kappa shape index (κ1) is 12.3. The number of hydrogen-bond acceptors (Lipinski definition) is 5. The summed E-state index contributed by atoms with van der Waals surface area (Å²) in [6.45, 7) is 0.972. The Labute approximate surface area is 117 Å². The summed E-state index contributed by atoms with van der Waals surface area (Å²) in [5.41, 5.74) is 0. The standard InChI is InChI=1S/C14H20N4O2/c19-13(16-11(8-3-4-8)9-5-6-9)12-17-14(20-18-12)10-2-1-7-15-10/h8-11,15H,1-7H2,(H,16,19). The molecule has 0 aromatic carbocycles. The molecule has 2 saturated carbocycles. The molecule has 1 amide bonds. The van der Waals surface area contributed by atoms with E-state index >= 15 is 0 Å². The Morgan fingerprint density at radius 2 is 2.00 bits per heavy atom. The average molecular weight is 276 g/mol. The molecular formula is C14H20N4O2. The number of rotatable bonds is 5. The zero-order valence-corrected chi connectivity index (χ0v) is 11.5. The van der Waals surface area contributed by atoms with Crippen LogP contribution in [0, 0.1) is 11.8 Å². The van der Waals surface area contributed by atoms with Gasteiger partial charge in [0.05, 0.1) is 6.04 Å². The first-order valence-corrected chi connectivity index (χ1v) is 7.69. The zero-order valence-electron chi connectivity index (χ0n) is 11.5. The van der Waals surface area contributed by atoms with Crippen LogP contribution < -0.4 is 10.6 Å². The molecular weight excluding hydrogens is 256 g/mol. The van der Waals surface area contributed by atoms with Crippen LogP contribution in [-0.4, -0.2) is 28.6 Å². The van der Waals surface area contributed by atoms with E-state index in [1.54, 1.807) is 0 Å². The van der Waals surface area contributed by atoms with Crippen LogP contribution in [0.5, 0.6) is 0 Å². The molecule has 6 heteroatoms. The fraction of sp³-hybridized carbons (Fsp3) is 0.786. The molecule has 2 heterocycles. The minimum atomic E-state index is -0.179. The maximum atomic E-state index is 12.2. The van der Waals surface area contributed by atoms with Crippen LogP contribution >= 0.6 is 0 Å². The van der Waals surface area contributed by atoms with Crippen LogP contribution in [0.15, 0.2) is 4.52 Å². The minimum Gasteiger partial charge on any atom is -0.346 e. The lowest BCUT2D eigenvalue weighted by Crippen LogP contribution is -2.38. The summed E-state index contributed by atoms with van der Waals surface area (Å²) in [5, 5.41) is 10.2. The second-order valence-electron chi connectivity index (χ2n) is 6.28. The number of nitrogens with one attached hydrogen (secondary N) is 2. The molecule has 3 aliphatic rings. The van der Waals surface area contributed by atoms with Crippen molar-refractivity contribution in [2.75, 3.05) is 6.54 Å². The van der Waals surface area contributed by atoms with E-state index in [1.165, 1.54) is 25.7 Å². The van der Waals surface area contributed by atoms with Gasteiger partial charge in [-0.1, -0.05) is 5.16 Å². The predicted molar refractivity (Wildman–Crippen MR) is 71.0 cm³/mol. The van der Waals surface area contributed by atoms with Crippen molar-refractivity contribution in [3.8, 4) is 0 Å². The molecule has 6 nitrogen and oxygen atoms in total. The second-order valence-corrected chi connectivity index (χ2v) is 6.28. The molecule has 0 spiro atoms. The third kappa shape index (κ3) is 2.44. The average Bonchev–Trinajstić information content (AvgIpc) is 3.36. The maximum absolute atomic E-state index is 12.2. The summed E-state index contributed by atoms with van der Waals surface area (Å²) >= 11 is 0. The summed E-state index contributed by atoms with van der Waals surface area (Å²) in [6, 6.07) is 0.445. The van der Waals surface area contributed by atoms with E-state index in [-0.39, 0.29) is 17.8 Å². The van der Waals surface area contributed by atoms with Crippen LogP contribution in [0.4, 0.5) is 0 Å². The number of carbonyl (C=O) groups excluding carboxylic acids is 1. The number of carbonyl (C=O) groups is 1. The summed E-state index contributed by atoms with van der Waals surface area (Å²) in [7, 11) is 0. The Hall–Kier alpha value is -1.43. The van der Waals surface area contributed by atoms with Crippen molar-refractivity contribution >= 4 is 5.91 Å². The second kappa shape index (κ2) is 4.84. The fourth-order valence-corrected chi connectivity index (χ4v) is 3.11. The predicted octanol–water partition coefficient (Wildman–Crippen LogP) is 1.41. The van der Waals surface area contributed by atoms with Crippen molar-refractivity contribution in [2.24, 2.45) is 11.8 Å². The monoisotopic (exact) mass is 276 g/mol. The van der Waals surface area contributed by atoms with Gasteiger partial charge in [-0.3, -0.25) is 4.79 Å². The van der Waals surface area contributed by atoms with Crippen molar-refractivity contribution in [1.29, 1.82) is 0 Å². The molecule has 1 aliphatic heterocycles. The molecule has 0 bridgehead atoms. The fourth-order valence-electron chi connectivity index (χ4n) is 3.11. The molecule has 2 N–H and O–H groups in total. The highest BCUT2D eigenvalue weighted by atomic mass is 16.5. The topological polar surface area (TPSA) is 80.0 Å². The van der Waals surface area contributed by atoms with E-state index in [2.05, 4.69) is 20.8 Å². The van der Waals surface area contributed by atoms with E-state index in [1.807, 2.05) is 0 Å². The molecule has 20 heavy (non-hydrogen) atoms. The van der Waals surface area contributed by atoms with Gasteiger partial charge in [0.1, 0.15) is 0 Å². The maximum Gasteiger partial charge on any atom is 0.292 e. The Kier molecular flexibility index (Phi) is 2.98. The molecule has 1 aromatic heterocycles. The summed E-state index contributed by atoms with van der Waals surface area (Å²) < 4.78 is 5.22. The Morgan fingerprint density at radius 3 is 2.60 bits per heavy atom. The Morgan fingerprint density at radius 1 is 1.25 bits per heavy atom. The van der Waals surface area contributed by atoms with Crippen LogP contribution in [0.2, 0.25) is 0 Å². The van der Waals surface area contributed by atoms with Gasteiger partial charge in [0, 0.05) is 6.04 Å². The third-order valence-electron chi connectivity index (χ3n) is 4.56. The summed E-state index contributed by atoms with van der Waals surface area (Å²) in [4.78, 5) is 16.5. The highest BCUT2D eigenvalue weighted by Gasteiger charge is 2.42. The smallest absolute Gasteiger partial charge is 0.292 e. The first-order valence-electron chi connectivity index (χ1n) is 7.69. The summed E-state index contributed by atoms with van der Waals surface area (Å²) in [5.74, 6) is 1.90. The van der Waals surface area contributed by atoms with E-state index in [0.29, 0.717) is 23.8 Å². The molecule has 108 valence electrons. The van der Waals surface area contributed by atoms with E-state index in [9.17, 15) is 4.79 Å². The van der Waals surface area contributed by atoms with Crippen molar-refractivity contribution in [2.45, 2.75) is 50.6 Å². The van der Waals surface area contributed by atoms with Crippen molar-refractivity contribution in [1.82, 2.24) is 20.8 Å². The van der Waals surface area contributed by atoms with Gasteiger partial charge in [-0.2, -0.15) is 4.98 Å². The molecule has 1 atom stereocenters. The normalized spacial score (nSPS) is 26.1. The minimum absolute atomic E-state index is 0.117. The number of amides is 1. The van der Waals surface area contributed by atoms with Gasteiger partial charge < -0.3 is 15.2 Å². The number of aromatic nitrogens is 2. The third-order valence-corrected chi connectivity index (χ3v) is 4.56. The van der Waals surface area contributed by atoms with Gasteiger partial charge in [-0.25, -0.2) is 0 Å². The van der Waals surface area contributed by atoms with Gasteiger partial charge in [-0.05, 0) is 56.9 Å². The SMILES string of the molecule is O=C(NC(C1CC1)C1CC1)c1noc(C2CCCN2)n1. The molecule has 0 radical (unpaired) electrons. The quantitative estimate of drug-likeness (QED) is 0.850. The zero-order chi connectivity index (χ0) is 13.5. The lowest BCUT2D eigenvalue weighted by Gasteiger charge is -2.15. The summed E-state index contributed by atoms with van der Waals surface area (Å²) in [6.07, 6.45) is 7.07. The molecule has 4 rings (SSSR count). The van der Waals surface area contributed by atoms with Gasteiger partial charge in [0.15, 0.2) is 0 Å². The van der Waals surface area contributed by atoms with Crippen LogP contribution in [0.25, 0.3) is 0 Å². The molecule has 1 aromatic rings. The van der Waals surface area contributed by atoms with Crippen molar-refractivity contribution < 1.29 is 9.32 Å². The largest absolute Gasteiger partial charge is 0.346 e. The number of hydrogen-bond donors (Lipinski definition) is 2. The van der Waals surface area contributed by atoms with Gasteiger partial charge >= 0.3 is 0 Å². The molecule has 1 unspecified atom stereocenters. The molecule has 1 saturated heterocycles. The highest BCUT2D eigenvalue weighted by molar-refractivity contribution is 5.90. The van der Waals surface area contributed by atoms with Gasteiger partial charge in [0.25, 0.3) is 11.7 Å². The van der Waals surface area contributed by atoms with Crippen LogP contribution in [0.3, 0.4) is 0 Å². The van der Waals surface area contributed by atoms with Crippen molar-refractivity contribution in [3.05, 3.63) is 11.7 Å². The van der Waals surface area contributed by atoms with Gasteiger partial charge in [-0.15, -0.1) is 0 Å². The first-order chi connectivity index (χ1) is 9.81. The Bertz CT molecular complexity index is 489. The number of nitrogens with zero attached hydrogens (tertiary/aromatic N) is 2. The highest BCUT2D eigenvalue weighted by Crippen LogP contribution is 2.44. The van der Waals surface area contributed by atoms with Crippen molar-refractivity contribution in [3.63, 3.8) is 0 Å². The molecule has 3 fully saturated rings. The van der Waals surface area contributed by atoms with E-state index < -0.39 is 0 Å². The lowest BCUT2D eigenvalue weighted by molar-refractivity contribution is 0.0912. The van der Waals surface area contributed by atoms with E-state index in [4.69, 9.17) is 4.52 Å². The van der Waals surface area contributed by atoms with Crippen LogP contribution in [0.1, 0.15) is 61.1 Å². The lowest BCUT2D eigenvalue weighted by atomic mass is 10.1. The van der Waals surface area contributed by atoms with Crippen LogP contribution in [-0.2, 0) is 0 Å². The molecule has 2 aliphatic carbocycles. The Balaban J connectivity index is 1.42. The van der Waals surface area contributed by atoms with E-state index in [0.717, 1.165) is 19.4 Å².